The number of thiophene rings is 1. The molecule has 0 saturated carbocycles. The second kappa shape index (κ2) is 10.3. The van der Waals surface area contributed by atoms with Gasteiger partial charge in [-0.1, -0.05) is 6.07 Å². The van der Waals surface area contributed by atoms with Crippen molar-refractivity contribution in [3.05, 3.63) is 87.6 Å². The van der Waals surface area contributed by atoms with E-state index < -0.39 is 11.7 Å². The number of amides is 2. The molecule has 1 atom stereocenters. The average Bonchev–Trinajstić information content (AvgIpc) is 3.30. The first-order valence-corrected chi connectivity index (χ1v) is 12.0. The fourth-order valence-corrected chi connectivity index (χ4v) is 5.02. The fraction of sp³-hybridized carbons (Fsp3) is 0.308. The summed E-state index contributed by atoms with van der Waals surface area (Å²) in [6, 6.07) is 12.7. The van der Waals surface area contributed by atoms with Crippen molar-refractivity contribution in [1.82, 2.24) is 9.80 Å². The minimum atomic E-state index is -0.500. The topological polar surface area (TPSA) is 49.9 Å². The van der Waals surface area contributed by atoms with Gasteiger partial charge in [-0.15, -0.1) is 11.3 Å². The average molecular weight is 485 g/mol. The summed E-state index contributed by atoms with van der Waals surface area (Å²) in [4.78, 5) is 30.9. The molecule has 34 heavy (non-hydrogen) atoms. The number of benzene rings is 2. The van der Waals surface area contributed by atoms with Crippen LogP contribution in [0, 0.1) is 11.6 Å². The van der Waals surface area contributed by atoms with E-state index in [9.17, 15) is 18.4 Å². The van der Waals surface area contributed by atoms with Crippen LogP contribution in [-0.4, -0.2) is 47.4 Å². The van der Waals surface area contributed by atoms with E-state index in [0.29, 0.717) is 12.3 Å². The summed E-state index contributed by atoms with van der Waals surface area (Å²) in [7, 11) is 0. The molecule has 2 heterocycles. The third-order valence-electron chi connectivity index (χ3n) is 5.90. The van der Waals surface area contributed by atoms with E-state index in [1.807, 2.05) is 25.3 Å². The van der Waals surface area contributed by atoms with Crippen LogP contribution in [0.15, 0.2) is 60.0 Å². The number of fused-ring (bicyclic) bond motifs is 1. The summed E-state index contributed by atoms with van der Waals surface area (Å²) in [6.45, 7) is 4.24. The number of rotatable bonds is 7. The van der Waals surface area contributed by atoms with E-state index in [0.717, 1.165) is 12.0 Å². The second-order valence-corrected chi connectivity index (χ2v) is 9.45. The second-order valence-electron chi connectivity index (χ2n) is 8.45. The molecule has 2 aromatic carbocycles. The monoisotopic (exact) mass is 484 g/mol. The largest absolute Gasteiger partial charge is 0.491 e. The van der Waals surface area contributed by atoms with Gasteiger partial charge < -0.3 is 14.5 Å². The predicted molar refractivity (Wildman–Crippen MR) is 127 cm³/mol. The Morgan fingerprint density at radius 1 is 1.12 bits per heavy atom. The molecule has 8 heteroatoms. The van der Waals surface area contributed by atoms with Crippen LogP contribution in [0.4, 0.5) is 8.78 Å². The number of nitrogens with zero attached hydrogens (tertiary/aromatic N) is 2. The Morgan fingerprint density at radius 3 is 2.59 bits per heavy atom. The first-order chi connectivity index (χ1) is 16.3. The van der Waals surface area contributed by atoms with E-state index >= 15 is 0 Å². The number of hydrogen-bond donors (Lipinski definition) is 0. The molecule has 2 amide bonds. The van der Waals surface area contributed by atoms with Crippen molar-refractivity contribution in [2.45, 2.75) is 32.4 Å². The zero-order chi connectivity index (χ0) is 24.2. The van der Waals surface area contributed by atoms with Gasteiger partial charge in [-0.25, -0.2) is 8.78 Å². The molecule has 1 aliphatic heterocycles. The van der Waals surface area contributed by atoms with Crippen LogP contribution in [0.25, 0.3) is 0 Å². The highest BCUT2D eigenvalue weighted by atomic mass is 32.1. The lowest BCUT2D eigenvalue weighted by Gasteiger charge is -2.37. The van der Waals surface area contributed by atoms with Gasteiger partial charge in [0.2, 0.25) is 5.91 Å². The lowest BCUT2D eigenvalue weighted by Crippen LogP contribution is -2.49. The van der Waals surface area contributed by atoms with Crippen molar-refractivity contribution in [2.24, 2.45) is 0 Å². The highest BCUT2D eigenvalue weighted by Gasteiger charge is 2.34. The maximum atomic E-state index is 13.7. The van der Waals surface area contributed by atoms with Crippen LogP contribution >= 0.6 is 11.3 Å². The van der Waals surface area contributed by atoms with E-state index in [1.54, 1.807) is 34.4 Å². The first kappa shape index (κ1) is 23.9. The maximum Gasteiger partial charge on any atom is 0.254 e. The molecule has 1 aliphatic rings. The zero-order valence-corrected chi connectivity index (χ0v) is 19.9. The summed E-state index contributed by atoms with van der Waals surface area (Å²) in [5, 5.41) is 2.00. The van der Waals surface area contributed by atoms with E-state index in [4.69, 9.17) is 4.74 Å². The Morgan fingerprint density at radius 2 is 1.88 bits per heavy atom. The first-order valence-electron chi connectivity index (χ1n) is 11.1. The van der Waals surface area contributed by atoms with Gasteiger partial charge in [-0.3, -0.25) is 9.59 Å². The molecule has 0 bridgehead atoms. The molecule has 4 rings (SSSR count). The Bertz CT molecular complexity index is 1160. The summed E-state index contributed by atoms with van der Waals surface area (Å²) in [6.07, 6.45) is 0.727. The van der Waals surface area contributed by atoms with Gasteiger partial charge in [0.1, 0.15) is 30.5 Å². The number of carbonyl (C=O) groups is 2. The van der Waals surface area contributed by atoms with Gasteiger partial charge in [0.25, 0.3) is 5.91 Å². The van der Waals surface area contributed by atoms with Crippen LogP contribution in [0.2, 0.25) is 0 Å². The normalized spacial score (nSPS) is 15.2. The molecule has 0 saturated heterocycles. The molecule has 0 fully saturated rings. The minimum Gasteiger partial charge on any atom is -0.491 e. The molecular formula is C26H26F2N2O3S. The van der Waals surface area contributed by atoms with E-state index in [1.165, 1.54) is 40.1 Å². The minimum absolute atomic E-state index is 0.125. The zero-order valence-electron chi connectivity index (χ0n) is 19.0. The van der Waals surface area contributed by atoms with Crippen LogP contribution in [0.1, 0.15) is 40.7 Å². The van der Waals surface area contributed by atoms with Gasteiger partial charge in [0.15, 0.2) is 0 Å². The Labute approximate surface area is 201 Å². The lowest BCUT2D eigenvalue weighted by atomic mass is 10.00. The SMILES string of the molecule is CC(C)N(CC(=O)N1CCc2sccc2C1COc1ccc(F)cc1)C(=O)c1cccc(F)c1. The van der Waals surface area contributed by atoms with Crippen LogP contribution in [0.5, 0.6) is 5.75 Å². The number of carbonyl (C=O) groups excluding carboxylic acids is 2. The van der Waals surface area contributed by atoms with Crippen molar-refractivity contribution in [3.63, 3.8) is 0 Å². The van der Waals surface area contributed by atoms with Gasteiger partial charge in [-0.2, -0.15) is 0 Å². The van der Waals surface area contributed by atoms with Crippen molar-refractivity contribution in [2.75, 3.05) is 19.7 Å². The summed E-state index contributed by atoms with van der Waals surface area (Å²) in [5.41, 5.74) is 1.23. The van der Waals surface area contributed by atoms with Crippen LogP contribution in [-0.2, 0) is 11.2 Å². The molecule has 0 aliphatic carbocycles. The van der Waals surface area contributed by atoms with Crippen LogP contribution < -0.4 is 4.74 Å². The third kappa shape index (κ3) is 5.28. The number of ether oxygens (including phenoxy) is 1. The standard InChI is InChI=1S/C26H26F2N2O3S/c1-17(2)30(26(32)18-4-3-5-20(28)14-18)15-25(31)29-12-10-24-22(11-13-34-24)23(29)16-33-21-8-6-19(27)7-9-21/h3-9,11,13-14,17,23H,10,12,15-16H2,1-2H3. The third-order valence-corrected chi connectivity index (χ3v) is 6.89. The Kier molecular flexibility index (Phi) is 7.26. The molecule has 1 aromatic heterocycles. The molecule has 0 radical (unpaired) electrons. The summed E-state index contributed by atoms with van der Waals surface area (Å²) < 4.78 is 32.8. The van der Waals surface area contributed by atoms with Gasteiger partial charge in [0, 0.05) is 23.0 Å². The highest BCUT2D eigenvalue weighted by molar-refractivity contribution is 7.10. The van der Waals surface area contributed by atoms with Gasteiger partial charge >= 0.3 is 0 Å². The lowest BCUT2D eigenvalue weighted by molar-refractivity contribution is -0.136. The van der Waals surface area contributed by atoms with Gasteiger partial charge in [-0.05, 0) is 79.7 Å². The van der Waals surface area contributed by atoms with Crippen molar-refractivity contribution < 1.29 is 23.1 Å². The molecule has 5 nitrogen and oxygen atoms in total. The molecular weight excluding hydrogens is 458 g/mol. The Hall–Kier alpha value is -3.26. The predicted octanol–water partition coefficient (Wildman–Crippen LogP) is 5.08. The molecule has 1 unspecified atom stereocenters. The van der Waals surface area contributed by atoms with Crippen molar-refractivity contribution in [3.8, 4) is 5.75 Å². The number of hydrogen-bond acceptors (Lipinski definition) is 4. The quantitative estimate of drug-likeness (QED) is 0.470. The maximum absolute atomic E-state index is 13.7. The Balaban J connectivity index is 1.53. The molecule has 178 valence electrons. The summed E-state index contributed by atoms with van der Waals surface area (Å²) in [5.74, 6) is -0.932. The molecule has 3 aromatic rings. The fourth-order valence-electron chi connectivity index (χ4n) is 4.09. The van der Waals surface area contributed by atoms with Gasteiger partial charge in [0.05, 0.1) is 6.04 Å². The van der Waals surface area contributed by atoms with E-state index in [2.05, 4.69) is 0 Å². The smallest absolute Gasteiger partial charge is 0.254 e. The van der Waals surface area contributed by atoms with E-state index in [-0.39, 0.29) is 42.5 Å². The van der Waals surface area contributed by atoms with Crippen molar-refractivity contribution >= 4 is 23.2 Å². The van der Waals surface area contributed by atoms with Crippen molar-refractivity contribution in [1.29, 1.82) is 0 Å². The molecule has 0 N–H and O–H groups in total. The van der Waals surface area contributed by atoms with Crippen LogP contribution in [0.3, 0.4) is 0 Å². The highest BCUT2D eigenvalue weighted by Crippen LogP contribution is 2.34. The molecule has 0 spiro atoms. The number of halogens is 2. The summed E-state index contributed by atoms with van der Waals surface area (Å²) >= 11 is 1.65.